The van der Waals surface area contributed by atoms with E-state index >= 15 is 4.39 Å². The first-order valence-electron chi connectivity index (χ1n) is 10.8. The summed E-state index contributed by atoms with van der Waals surface area (Å²) >= 11 is 6.39. The molecule has 1 amide bonds. The lowest BCUT2D eigenvalue weighted by molar-refractivity contribution is -0.118. The van der Waals surface area contributed by atoms with Crippen LogP contribution < -0.4 is 10.6 Å². The number of pyridine rings is 1. The summed E-state index contributed by atoms with van der Waals surface area (Å²) in [5, 5.41) is 0.783. The van der Waals surface area contributed by atoms with Crippen LogP contribution in [0, 0.1) is 5.82 Å². The summed E-state index contributed by atoms with van der Waals surface area (Å²) in [7, 11) is 0. The van der Waals surface area contributed by atoms with Gasteiger partial charge in [0.15, 0.2) is 0 Å². The average Bonchev–Trinajstić information content (AvgIpc) is 2.86. The molecule has 2 aromatic carbocycles. The molecular formula is C25H21ClFN5O2. The monoisotopic (exact) mass is 477 g/mol. The first-order valence-corrected chi connectivity index (χ1v) is 11.2. The second-order valence-electron chi connectivity index (χ2n) is 8.00. The van der Waals surface area contributed by atoms with E-state index in [0.29, 0.717) is 40.9 Å². The van der Waals surface area contributed by atoms with Gasteiger partial charge in [-0.1, -0.05) is 17.7 Å². The predicted octanol–water partition coefficient (Wildman–Crippen LogP) is 3.94. The van der Waals surface area contributed by atoms with Crippen molar-refractivity contribution in [3.8, 4) is 11.3 Å². The van der Waals surface area contributed by atoms with Crippen LogP contribution in [0.5, 0.6) is 0 Å². The van der Waals surface area contributed by atoms with E-state index in [1.807, 2.05) is 18.2 Å². The third-order valence-electron chi connectivity index (χ3n) is 5.95. The zero-order valence-corrected chi connectivity index (χ0v) is 18.9. The molecule has 5 rings (SSSR count). The van der Waals surface area contributed by atoms with Gasteiger partial charge in [0, 0.05) is 47.1 Å². The number of amides is 1. The van der Waals surface area contributed by atoms with Crippen LogP contribution in [0.25, 0.3) is 22.2 Å². The highest BCUT2D eigenvalue weighted by Gasteiger charge is 2.26. The van der Waals surface area contributed by atoms with Gasteiger partial charge in [0.1, 0.15) is 12.1 Å². The maximum atomic E-state index is 15.2. The summed E-state index contributed by atoms with van der Waals surface area (Å²) in [6.45, 7) is 2.93. The molecule has 1 saturated heterocycles. The Kier molecular flexibility index (Phi) is 6.08. The Bertz CT molecular complexity index is 1360. The van der Waals surface area contributed by atoms with Crippen LogP contribution in [0.3, 0.4) is 0 Å². The van der Waals surface area contributed by atoms with E-state index in [4.69, 9.17) is 22.1 Å². The molecule has 1 aliphatic rings. The predicted molar refractivity (Wildman–Crippen MR) is 128 cm³/mol. The normalized spacial score (nSPS) is 14.8. The van der Waals surface area contributed by atoms with Gasteiger partial charge in [-0.2, -0.15) is 0 Å². The number of carbonyl (C=O) groups is 1. The zero-order valence-electron chi connectivity index (χ0n) is 18.1. The Morgan fingerprint density at radius 3 is 2.71 bits per heavy atom. The molecular weight excluding hydrogens is 457 g/mol. The Balaban J connectivity index is 1.62. The molecule has 2 aromatic heterocycles. The number of halogens is 2. The van der Waals surface area contributed by atoms with Crippen LogP contribution >= 0.6 is 11.6 Å². The van der Waals surface area contributed by atoms with Crippen molar-refractivity contribution in [3.63, 3.8) is 0 Å². The molecule has 1 unspecified atom stereocenters. The molecule has 0 aliphatic carbocycles. The van der Waals surface area contributed by atoms with Crippen LogP contribution in [0.15, 0.2) is 61.2 Å². The number of aromatic nitrogens is 3. The van der Waals surface area contributed by atoms with Crippen molar-refractivity contribution in [2.45, 2.75) is 5.92 Å². The maximum Gasteiger partial charge on any atom is 0.229 e. The summed E-state index contributed by atoms with van der Waals surface area (Å²) < 4.78 is 20.6. The van der Waals surface area contributed by atoms with Gasteiger partial charge in [0.25, 0.3) is 0 Å². The summed E-state index contributed by atoms with van der Waals surface area (Å²) in [6, 6.07) is 12.0. The first kappa shape index (κ1) is 22.2. The molecule has 3 heterocycles. The smallest absolute Gasteiger partial charge is 0.229 e. The lowest BCUT2D eigenvalue weighted by Gasteiger charge is -2.29. The summed E-state index contributed by atoms with van der Waals surface area (Å²) in [5.74, 6) is -2.06. The van der Waals surface area contributed by atoms with E-state index in [1.165, 1.54) is 18.5 Å². The third-order valence-corrected chi connectivity index (χ3v) is 6.28. The number of hydrogen-bond acceptors (Lipinski definition) is 6. The number of carbonyl (C=O) groups excluding carboxylic acids is 1. The van der Waals surface area contributed by atoms with Gasteiger partial charge in [-0.3, -0.25) is 9.78 Å². The number of nitrogens with two attached hydrogens (primary N) is 1. The highest BCUT2D eigenvalue weighted by Crippen LogP contribution is 2.37. The van der Waals surface area contributed by atoms with Crippen molar-refractivity contribution < 1.29 is 13.9 Å². The number of fused-ring (bicyclic) bond motifs is 1. The first-order chi connectivity index (χ1) is 16.5. The lowest BCUT2D eigenvalue weighted by Crippen LogP contribution is -2.36. The molecule has 7 nitrogen and oxygen atoms in total. The fourth-order valence-corrected chi connectivity index (χ4v) is 4.55. The molecule has 0 saturated carbocycles. The van der Waals surface area contributed by atoms with E-state index in [2.05, 4.69) is 19.9 Å². The molecule has 0 bridgehead atoms. The minimum atomic E-state index is -0.887. The Morgan fingerprint density at radius 2 is 1.97 bits per heavy atom. The number of anilines is 1. The second-order valence-corrected chi connectivity index (χ2v) is 8.41. The van der Waals surface area contributed by atoms with Gasteiger partial charge in [0.2, 0.25) is 5.91 Å². The van der Waals surface area contributed by atoms with E-state index in [-0.39, 0.29) is 10.6 Å². The highest BCUT2D eigenvalue weighted by atomic mass is 35.5. The van der Waals surface area contributed by atoms with Crippen LogP contribution in [0.1, 0.15) is 17.0 Å². The number of primary amides is 1. The topological polar surface area (TPSA) is 94.2 Å². The Morgan fingerprint density at radius 1 is 1.15 bits per heavy atom. The molecule has 9 heteroatoms. The van der Waals surface area contributed by atoms with E-state index in [1.54, 1.807) is 24.5 Å². The summed E-state index contributed by atoms with van der Waals surface area (Å²) in [6.07, 6.45) is 4.54. The van der Waals surface area contributed by atoms with Gasteiger partial charge < -0.3 is 15.4 Å². The quantitative estimate of drug-likeness (QED) is 0.468. The van der Waals surface area contributed by atoms with Gasteiger partial charge in [-0.15, -0.1) is 0 Å². The number of nitrogens with zero attached hydrogens (tertiary/aromatic N) is 4. The molecule has 0 spiro atoms. The maximum absolute atomic E-state index is 15.2. The van der Waals surface area contributed by atoms with Crippen molar-refractivity contribution in [1.29, 1.82) is 0 Å². The van der Waals surface area contributed by atoms with Crippen molar-refractivity contribution >= 4 is 34.1 Å². The lowest BCUT2D eigenvalue weighted by atomic mass is 9.89. The summed E-state index contributed by atoms with van der Waals surface area (Å²) in [4.78, 5) is 27.5. The van der Waals surface area contributed by atoms with Crippen LogP contribution in [0.4, 0.5) is 10.1 Å². The minimum absolute atomic E-state index is 0.0990. The molecule has 34 heavy (non-hydrogen) atoms. The third kappa shape index (κ3) is 4.18. The molecule has 1 aliphatic heterocycles. The van der Waals surface area contributed by atoms with E-state index < -0.39 is 17.6 Å². The van der Waals surface area contributed by atoms with Gasteiger partial charge in [-0.25, -0.2) is 14.4 Å². The molecule has 172 valence electrons. The number of hydrogen-bond donors (Lipinski definition) is 1. The number of morpholine rings is 1. The highest BCUT2D eigenvalue weighted by molar-refractivity contribution is 6.32. The van der Waals surface area contributed by atoms with Gasteiger partial charge >= 0.3 is 0 Å². The van der Waals surface area contributed by atoms with Crippen molar-refractivity contribution in [3.05, 3.63) is 83.2 Å². The standard InChI is InChI=1S/C25H21ClFN5O2/c26-20-12-21(27)19(11-18(20)23(25(28)33)15-2-1-5-29-13-15)24-17-4-3-16(10-22(17)30-14-31-24)32-6-8-34-9-7-32/h1-5,10-14,23H,6-9H2,(H2,28,33). The SMILES string of the molecule is NC(=O)C(c1cccnc1)c1cc(-c2ncnc3cc(N4CCOCC4)ccc23)c(F)cc1Cl. The average molecular weight is 478 g/mol. The second kappa shape index (κ2) is 9.32. The molecule has 0 radical (unpaired) electrons. The summed E-state index contributed by atoms with van der Waals surface area (Å²) in [5.41, 5.74) is 8.98. The largest absolute Gasteiger partial charge is 0.378 e. The van der Waals surface area contributed by atoms with E-state index in [0.717, 1.165) is 18.8 Å². The Hall–Kier alpha value is -3.62. The molecule has 1 atom stereocenters. The molecule has 4 aromatic rings. The van der Waals surface area contributed by atoms with Crippen LogP contribution in [0.2, 0.25) is 5.02 Å². The van der Waals surface area contributed by atoms with Gasteiger partial charge in [0.05, 0.1) is 30.3 Å². The Labute approximate surface area is 200 Å². The van der Waals surface area contributed by atoms with Crippen LogP contribution in [-0.2, 0) is 9.53 Å². The van der Waals surface area contributed by atoms with Crippen LogP contribution in [-0.4, -0.2) is 47.2 Å². The number of ether oxygens (including phenoxy) is 1. The number of rotatable bonds is 5. The van der Waals surface area contributed by atoms with E-state index in [9.17, 15) is 4.79 Å². The molecule has 2 N–H and O–H groups in total. The number of benzene rings is 2. The van der Waals surface area contributed by atoms with Crippen molar-refractivity contribution in [2.75, 3.05) is 31.2 Å². The van der Waals surface area contributed by atoms with Gasteiger partial charge in [-0.05, 0) is 47.5 Å². The minimum Gasteiger partial charge on any atom is -0.378 e. The fraction of sp³-hybridized carbons (Fsp3) is 0.200. The van der Waals surface area contributed by atoms with Crippen molar-refractivity contribution in [2.24, 2.45) is 5.73 Å². The molecule has 1 fully saturated rings. The zero-order chi connectivity index (χ0) is 23.7. The van der Waals surface area contributed by atoms with Crippen molar-refractivity contribution in [1.82, 2.24) is 15.0 Å². The fourth-order valence-electron chi connectivity index (χ4n) is 4.29.